The van der Waals surface area contributed by atoms with Crippen molar-refractivity contribution in [3.63, 3.8) is 0 Å². The highest BCUT2D eigenvalue weighted by Gasteiger charge is 2.69. The number of anilines is 1. The third-order valence-electron chi connectivity index (χ3n) is 9.19. The maximum atomic E-state index is 10.5. The first kappa shape index (κ1) is 21.9. The summed E-state index contributed by atoms with van der Waals surface area (Å²) in [6.45, 7) is 7.08. The van der Waals surface area contributed by atoms with Crippen molar-refractivity contribution in [2.45, 2.75) is 43.4 Å². The van der Waals surface area contributed by atoms with Gasteiger partial charge in [0.2, 0.25) is 0 Å². The van der Waals surface area contributed by atoms with Crippen molar-refractivity contribution in [3.8, 4) is 5.69 Å². The van der Waals surface area contributed by atoms with Crippen LogP contribution in [0.5, 0.6) is 0 Å². The molecule has 36 heavy (non-hydrogen) atoms. The van der Waals surface area contributed by atoms with Crippen LogP contribution in [0.2, 0.25) is 5.02 Å². The number of piperazine rings is 1. The zero-order chi connectivity index (χ0) is 25.4. The molecule has 4 heterocycles. The fourth-order valence-corrected chi connectivity index (χ4v) is 7.42. The van der Waals surface area contributed by atoms with Crippen molar-refractivity contribution in [3.05, 3.63) is 35.7 Å². The van der Waals surface area contributed by atoms with Gasteiger partial charge in [-0.05, 0) is 38.3 Å². The molecule has 5 aliphatic rings. The summed E-state index contributed by atoms with van der Waals surface area (Å²) < 4.78 is 22.2. The van der Waals surface area contributed by atoms with Gasteiger partial charge in [-0.1, -0.05) is 11.6 Å². The van der Waals surface area contributed by atoms with Crippen molar-refractivity contribution in [1.29, 1.82) is 0 Å². The van der Waals surface area contributed by atoms with E-state index in [1.807, 2.05) is 23.1 Å². The molecule has 3 saturated carbocycles. The van der Waals surface area contributed by atoms with Gasteiger partial charge in [0.15, 0.2) is 0 Å². The van der Waals surface area contributed by atoms with Gasteiger partial charge in [0.05, 0.1) is 73.2 Å². The Bertz CT molecular complexity index is 1320. The molecule has 0 amide bonds. The molecule has 0 spiro atoms. The summed E-state index contributed by atoms with van der Waals surface area (Å²) in [7, 11) is 0.0339. The number of hydrogen-bond acceptors (Lipinski definition) is 7. The van der Waals surface area contributed by atoms with E-state index in [0.29, 0.717) is 19.8 Å². The number of aromatic nitrogens is 4. The Morgan fingerprint density at radius 1 is 1.19 bits per heavy atom. The zero-order valence-corrected chi connectivity index (χ0v) is 21.3. The molecular formula is C26H33ClN6O3. The first-order chi connectivity index (χ1) is 17.8. The van der Waals surface area contributed by atoms with E-state index in [-0.39, 0.29) is 23.6 Å². The molecule has 1 N–H and O–H groups in total. The summed E-state index contributed by atoms with van der Waals surface area (Å²) in [6, 6.07) is 4.14. The van der Waals surface area contributed by atoms with Gasteiger partial charge in [0.25, 0.3) is 0 Å². The highest BCUT2D eigenvalue weighted by atomic mass is 35.5. The van der Waals surface area contributed by atoms with Crippen molar-refractivity contribution in [1.82, 2.24) is 24.5 Å². The smallest absolute Gasteiger partial charge is 0.103 e. The van der Waals surface area contributed by atoms with E-state index in [0.717, 1.165) is 72.7 Å². The monoisotopic (exact) mass is 513 g/mol. The number of rotatable bonds is 6. The molecule has 3 aromatic rings. The van der Waals surface area contributed by atoms with E-state index in [1.54, 1.807) is 0 Å². The van der Waals surface area contributed by atoms with Gasteiger partial charge in [-0.15, -0.1) is 0 Å². The van der Waals surface area contributed by atoms with Crippen LogP contribution in [0.25, 0.3) is 16.6 Å². The number of hydrogen-bond donors (Lipinski definition) is 1. The maximum Gasteiger partial charge on any atom is 0.103 e. The lowest BCUT2D eigenvalue weighted by atomic mass is 9.39. The quantitative estimate of drug-likeness (QED) is 0.542. The average molecular weight is 514 g/mol. The number of aliphatic hydroxyl groups is 1. The van der Waals surface area contributed by atoms with Crippen LogP contribution in [0.1, 0.15) is 27.6 Å². The molecule has 0 unspecified atom stereocenters. The second-order valence-electron chi connectivity index (χ2n) is 11.5. The molecule has 0 radical (unpaired) electrons. The van der Waals surface area contributed by atoms with Crippen molar-refractivity contribution < 1.29 is 16.0 Å². The third-order valence-corrected chi connectivity index (χ3v) is 9.49. The van der Waals surface area contributed by atoms with Crippen molar-refractivity contribution in [2.75, 3.05) is 58.0 Å². The SMILES string of the molecule is [2H]COCC12CC(n3cc(-n4ncc5cc(Cl)c(N6CCN([C@]7(C)COC[C@@H]7O)CC6)cc54)cn3)(C1)C2. The van der Waals surface area contributed by atoms with Crippen molar-refractivity contribution >= 4 is 28.2 Å². The largest absolute Gasteiger partial charge is 0.389 e. The predicted molar refractivity (Wildman–Crippen MR) is 137 cm³/mol. The summed E-state index contributed by atoms with van der Waals surface area (Å²) in [5, 5.41) is 21.6. The van der Waals surface area contributed by atoms with Crippen LogP contribution in [0.15, 0.2) is 30.7 Å². The Morgan fingerprint density at radius 3 is 2.72 bits per heavy atom. The van der Waals surface area contributed by atoms with Crippen LogP contribution in [0, 0.1) is 5.41 Å². The number of methoxy groups -OCH3 is 1. The molecule has 2 aromatic heterocycles. The van der Waals surface area contributed by atoms with E-state index >= 15 is 0 Å². The van der Waals surface area contributed by atoms with Crippen LogP contribution in [0.4, 0.5) is 5.69 Å². The van der Waals surface area contributed by atoms with E-state index in [4.69, 9.17) is 27.5 Å². The summed E-state index contributed by atoms with van der Waals surface area (Å²) in [5.74, 6) is 0. The lowest BCUT2D eigenvalue weighted by Gasteiger charge is -2.70. The van der Waals surface area contributed by atoms with Gasteiger partial charge < -0.3 is 19.5 Å². The minimum atomic E-state index is -0.457. The van der Waals surface area contributed by atoms with Crippen LogP contribution in [0.3, 0.4) is 0 Å². The fraction of sp³-hybridized carbons (Fsp3) is 0.615. The number of fused-ring (bicyclic) bond motifs is 1. The number of nitrogens with zero attached hydrogens (tertiary/aromatic N) is 6. The van der Waals surface area contributed by atoms with E-state index in [2.05, 4.69) is 38.8 Å². The molecule has 2 bridgehead atoms. The lowest BCUT2D eigenvalue weighted by Crippen LogP contribution is -2.69. The van der Waals surface area contributed by atoms with Gasteiger partial charge >= 0.3 is 0 Å². The Balaban J connectivity index is 1.10. The highest BCUT2D eigenvalue weighted by molar-refractivity contribution is 6.34. The van der Waals surface area contributed by atoms with Gasteiger partial charge in [-0.3, -0.25) is 9.58 Å². The molecule has 2 aliphatic heterocycles. The molecule has 5 fully saturated rings. The van der Waals surface area contributed by atoms with Gasteiger partial charge in [-0.2, -0.15) is 10.2 Å². The van der Waals surface area contributed by atoms with E-state index in [9.17, 15) is 5.11 Å². The minimum absolute atomic E-state index is 0.0339. The van der Waals surface area contributed by atoms with Crippen LogP contribution >= 0.6 is 11.6 Å². The summed E-state index contributed by atoms with van der Waals surface area (Å²) >= 11 is 6.76. The molecule has 2 saturated heterocycles. The molecule has 192 valence electrons. The molecule has 1 aromatic carbocycles. The number of aliphatic hydroxyl groups excluding tert-OH is 1. The fourth-order valence-electron chi connectivity index (χ4n) is 7.13. The van der Waals surface area contributed by atoms with E-state index < -0.39 is 6.10 Å². The standard InChI is InChI=1S/C26H33ClN6O3/c1-24(16-36-12-23(24)34)31-5-3-30(4-6-31)22-8-21-18(7-20(22)27)9-29-33(21)19-10-28-32(11-19)26-13-25(14-26,15-26)17-35-2/h7-11,23,34H,3-6,12-17H2,1-2H3/t23-,24+,25?,26?/m0/s1/i2D. The minimum Gasteiger partial charge on any atom is -0.389 e. The molecule has 2 atom stereocenters. The topological polar surface area (TPSA) is 80.8 Å². The first-order valence-electron chi connectivity index (χ1n) is 13.4. The van der Waals surface area contributed by atoms with Crippen LogP contribution in [-0.4, -0.2) is 94.3 Å². The zero-order valence-electron chi connectivity index (χ0n) is 21.6. The second-order valence-corrected chi connectivity index (χ2v) is 11.9. The summed E-state index contributed by atoms with van der Waals surface area (Å²) in [4.78, 5) is 4.67. The normalized spacial score (nSPS) is 34.6. The Kier molecular flexibility index (Phi) is 4.81. The number of halogens is 1. The molecule has 9 nitrogen and oxygen atoms in total. The second kappa shape index (κ2) is 7.91. The molecule has 8 rings (SSSR count). The van der Waals surface area contributed by atoms with Gasteiger partial charge in [-0.25, -0.2) is 4.68 Å². The van der Waals surface area contributed by atoms with Crippen LogP contribution in [-0.2, 0) is 15.0 Å². The van der Waals surface area contributed by atoms with Crippen LogP contribution < -0.4 is 4.90 Å². The third kappa shape index (κ3) is 3.23. The Morgan fingerprint density at radius 2 is 2.00 bits per heavy atom. The molecule has 10 heteroatoms. The number of ether oxygens (including phenoxy) is 2. The summed E-state index contributed by atoms with van der Waals surface area (Å²) in [5.41, 5.74) is 2.97. The Labute approximate surface area is 216 Å². The first-order valence-corrected chi connectivity index (χ1v) is 13.1. The maximum absolute atomic E-state index is 10.5. The summed E-state index contributed by atoms with van der Waals surface area (Å²) in [6.07, 6.45) is 8.59. The highest BCUT2D eigenvalue weighted by Crippen LogP contribution is 2.71. The van der Waals surface area contributed by atoms with Crippen molar-refractivity contribution in [2.24, 2.45) is 5.41 Å². The Hall–Kier alpha value is -2.17. The lowest BCUT2D eigenvalue weighted by molar-refractivity contribution is -0.217. The molecule has 3 aliphatic carbocycles. The predicted octanol–water partition coefficient (Wildman–Crippen LogP) is 2.67. The van der Waals surface area contributed by atoms with E-state index in [1.165, 1.54) is 0 Å². The van der Waals surface area contributed by atoms with Gasteiger partial charge in [0.1, 0.15) is 5.69 Å². The number of benzene rings is 1. The average Bonchev–Trinajstić information content (AvgIpc) is 3.57. The molecular weight excluding hydrogens is 480 g/mol. The van der Waals surface area contributed by atoms with Gasteiger partial charge in [0, 0.05) is 44.1 Å².